The summed E-state index contributed by atoms with van der Waals surface area (Å²) in [6.45, 7) is 3.16. The molecule has 2 heterocycles. The molecule has 0 aromatic heterocycles. The molecule has 0 saturated carbocycles. The van der Waals surface area contributed by atoms with Crippen LogP contribution in [-0.4, -0.2) is 48.6 Å². The number of likely N-dealkylation sites (tertiary alicyclic amines) is 1. The average molecular weight is 451 g/mol. The molecular weight excluding hydrogens is 416 g/mol. The lowest BCUT2D eigenvalue weighted by Gasteiger charge is -2.46. The lowest BCUT2D eigenvalue weighted by atomic mass is 9.78. The van der Waals surface area contributed by atoms with E-state index < -0.39 is 0 Å². The van der Waals surface area contributed by atoms with Crippen LogP contribution in [-0.2, 0) is 32.2 Å². The maximum atomic E-state index is 12.6. The van der Waals surface area contributed by atoms with Gasteiger partial charge >= 0.3 is 0 Å². The maximum Gasteiger partial charge on any atom is 0.248 e. The van der Waals surface area contributed by atoms with Crippen LogP contribution in [0, 0.1) is 5.92 Å². The Hall–Kier alpha value is -2.70. The largest absolute Gasteiger partial charge is 0.375 e. The molecule has 33 heavy (non-hydrogen) atoms. The fourth-order valence-corrected chi connectivity index (χ4v) is 4.87. The van der Waals surface area contributed by atoms with Crippen molar-refractivity contribution >= 4 is 11.8 Å². The zero-order valence-corrected chi connectivity index (χ0v) is 19.2. The zero-order valence-electron chi connectivity index (χ0n) is 19.2. The van der Waals surface area contributed by atoms with Crippen molar-refractivity contribution in [2.75, 3.05) is 26.3 Å². The molecule has 2 aromatic carbocycles. The quantitative estimate of drug-likeness (QED) is 0.666. The van der Waals surface area contributed by atoms with Crippen LogP contribution in [0.15, 0.2) is 60.7 Å². The molecule has 2 fully saturated rings. The van der Waals surface area contributed by atoms with E-state index >= 15 is 0 Å². The minimum atomic E-state index is -0.204. The first-order valence-electron chi connectivity index (χ1n) is 12.0. The van der Waals surface area contributed by atoms with E-state index in [1.54, 1.807) is 0 Å². The van der Waals surface area contributed by atoms with Gasteiger partial charge in [-0.1, -0.05) is 60.7 Å². The molecule has 0 bridgehead atoms. The number of ether oxygens (including phenoxy) is 2. The van der Waals surface area contributed by atoms with Gasteiger partial charge in [0.25, 0.3) is 0 Å². The molecule has 0 radical (unpaired) electrons. The molecule has 176 valence electrons. The highest BCUT2D eigenvalue weighted by molar-refractivity contribution is 5.77. The van der Waals surface area contributed by atoms with Crippen molar-refractivity contribution in [2.45, 2.75) is 50.9 Å². The Kier molecular flexibility index (Phi) is 8.13. The Morgan fingerprint density at radius 2 is 1.67 bits per heavy atom. The molecule has 1 N–H and O–H groups in total. The molecule has 6 nitrogen and oxygen atoms in total. The highest BCUT2D eigenvalue weighted by Crippen LogP contribution is 2.38. The molecule has 6 heteroatoms. The lowest BCUT2D eigenvalue weighted by molar-refractivity contribution is -0.151. The third-order valence-corrected chi connectivity index (χ3v) is 6.77. The van der Waals surface area contributed by atoms with E-state index in [0.29, 0.717) is 45.2 Å². The van der Waals surface area contributed by atoms with Crippen LogP contribution in [0.3, 0.4) is 0 Å². The van der Waals surface area contributed by atoms with Crippen LogP contribution in [0.1, 0.15) is 43.2 Å². The first-order valence-corrected chi connectivity index (χ1v) is 12.0. The summed E-state index contributed by atoms with van der Waals surface area (Å²) in [6, 6.07) is 19.9. The Morgan fingerprint density at radius 3 is 2.36 bits per heavy atom. The van der Waals surface area contributed by atoms with Crippen molar-refractivity contribution in [3.63, 3.8) is 0 Å². The van der Waals surface area contributed by atoms with Gasteiger partial charge in [0.2, 0.25) is 11.8 Å². The van der Waals surface area contributed by atoms with Crippen LogP contribution in [0.2, 0.25) is 0 Å². The number of benzene rings is 2. The number of amides is 2. The van der Waals surface area contributed by atoms with Gasteiger partial charge in [0.15, 0.2) is 0 Å². The minimum Gasteiger partial charge on any atom is -0.375 e. The number of piperidine rings is 1. The third kappa shape index (κ3) is 6.89. The molecule has 1 spiro atoms. The zero-order chi connectivity index (χ0) is 22.9. The van der Waals surface area contributed by atoms with E-state index in [1.165, 1.54) is 0 Å². The SMILES string of the molecule is O=C(CC1CCOC2(CCN(C(=O)COCc3ccccc3)CC2)C1)NCc1ccccc1. The fourth-order valence-electron chi connectivity index (χ4n) is 4.87. The summed E-state index contributed by atoms with van der Waals surface area (Å²) >= 11 is 0. The number of hydrogen-bond acceptors (Lipinski definition) is 4. The fraction of sp³-hybridized carbons (Fsp3) is 0.481. The summed E-state index contributed by atoms with van der Waals surface area (Å²) in [5, 5.41) is 3.04. The van der Waals surface area contributed by atoms with E-state index in [9.17, 15) is 9.59 Å². The van der Waals surface area contributed by atoms with Gasteiger partial charge < -0.3 is 19.7 Å². The van der Waals surface area contributed by atoms with Gasteiger partial charge in [-0.05, 0) is 42.7 Å². The van der Waals surface area contributed by atoms with Crippen LogP contribution in [0.25, 0.3) is 0 Å². The molecule has 2 aliphatic rings. The third-order valence-electron chi connectivity index (χ3n) is 6.77. The lowest BCUT2D eigenvalue weighted by Crippen LogP contribution is -2.51. The maximum absolute atomic E-state index is 12.6. The molecule has 0 aliphatic carbocycles. The van der Waals surface area contributed by atoms with Gasteiger partial charge in [-0.3, -0.25) is 9.59 Å². The summed E-state index contributed by atoms with van der Waals surface area (Å²) in [7, 11) is 0. The van der Waals surface area contributed by atoms with Gasteiger partial charge in [-0.2, -0.15) is 0 Å². The Bertz CT molecular complexity index is 895. The summed E-state index contributed by atoms with van der Waals surface area (Å²) in [4.78, 5) is 26.9. The summed E-state index contributed by atoms with van der Waals surface area (Å²) < 4.78 is 11.8. The van der Waals surface area contributed by atoms with Gasteiger partial charge in [0.05, 0.1) is 12.2 Å². The van der Waals surface area contributed by atoms with E-state index in [4.69, 9.17) is 9.47 Å². The highest BCUT2D eigenvalue weighted by atomic mass is 16.5. The summed E-state index contributed by atoms with van der Waals surface area (Å²) in [5.41, 5.74) is 1.97. The molecular formula is C27H34N2O4. The standard InChI is InChI=1S/C27H34N2O4/c30-25(28-19-22-7-3-1-4-8-22)17-24-11-16-33-27(18-24)12-14-29(15-13-27)26(31)21-32-20-23-9-5-2-6-10-23/h1-10,24H,11-21H2,(H,28,30). The van der Waals surface area contributed by atoms with Crippen LogP contribution >= 0.6 is 0 Å². The molecule has 2 aromatic rings. The highest BCUT2D eigenvalue weighted by Gasteiger charge is 2.41. The average Bonchev–Trinajstić information content (AvgIpc) is 2.84. The molecule has 2 aliphatic heterocycles. The normalized spacial score (nSPS) is 19.9. The van der Waals surface area contributed by atoms with Crippen LogP contribution in [0.4, 0.5) is 0 Å². The smallest absolute Gasteiger partial charge is 0.248 e. The minimum absolute atomic E-state index is 0.0356. The van der Waals surface area contributed by atoms with E-state index in [2.05, 4.69) is 5.32 Å². The van der Waals surface area contributed by atoms with Crippen LogP contribution in [0.5, 0.6) is 0 Å². The molecule has 1 unspecified atom stereocenters. The predicted octanol–water partition coefficient (Wildman–Crippen LogP) is 3.70. The predicted molar refractivity (Wildman–Crippen MR) is 126 cm³/mol. The Balaban J connectivity index is 1.18. The number of rotatable bonds is 8. The van der Waals surface area contributed by atoms with E-state index in [-0.39, 0.29) is 24.0 Å². The van der Waals surface area contributed by atoms with Gasteiger partial charge in [0, 0.05) is 32.7 Å². The second-order valence-corrected chi connectivity index (χ2v) is 9.22. The number of carbonyl (C=O) groups excluding carboxylic acids is 2. The van der Waals surface area contributed by atoms with Crippen molar-refractivity contribution < 1.29 is 19.1 Å². The Labute approximate surface area is 196 Å². The van der Waals surface area contributed by atoms with Crippen molar-refractivity contribution in [1.29, 1.82) is 0 Å². The molecule has 2 amide bonds. The number of nitrogens with one attached hydrogen (secondary N) is 1. The van der Waals surface area contributed by atoms with Crippen molar-refractivity contribution in [2.24, 2.45) is 5.92 Å². The van der Waals surface area contributed by atoms with Crippen molar-refractivity contribution in [3.8, 4) is 0 Å². The van der Waals surface area contributed by atoms with Crippen molar-refractivity contribution in [1.82, 2.24) is 10.2 Å². The van der Waals surface area contributed by atoms with Gasteiger partial charge in [-0.15, -0.1) is 0 Å². The first kappa shape index (κ1) is 23.5. The summed E-state index contributed by atoms with van der Waals surface area (Å²) in [6.07, 6.45) is 3.97. The second kappa shape index (κ2) is 11.4. The Morgan fingerprint density at radius 1 is 1.00 bits per heavy atom. The summed E-state index contributed by atoms with van der Waals surface area (Å²) in [5.74, 6) is 0.462. The molecule has 2 saturated heterocycles. The topological polar surface area (TPSA) is 67.9 Å². The number of nitrogens with zero attached hydrogens (tertiary/aromatic N) is 1. The first-order chi connectivity index (χ1) is 16.1. The van der Waals surface area contributed by atoms with E-state index in [0.717, 1.165) is 36.8 Å². The van der Waals surface area contributed by atoms with Gasteiger partial charge in [-0.25, -0.2) is 0 Å². The molecule has 4 rings (SSSR count). The molecule has 1 atom stereocenters. The van der Waals surface area contributed by atoms with E-state index in [1.807, 2.05) is 65.6 Å². The number of hydrogen-bond donors (Lipinski definition) is 1. The van der Waals surface area contributed by atoms with Crippen LogP contribution < -0.4 is 5.32 Å². The second-order valence-electron chi connectivity index (χ2n) is 9.22. The monoisotopic (exact) mass is 450 g/mol. The van der Waals surface area contributed by atoms with Gasteiger partial charge in [0.1, 0.15) is 6.61 Å². The number of carbonyl (C=O) groups is 2. The van der Waals surface area contributed by atoms with Crippen molar-refractivity contribution in [3.05, 3.63) is 71.8 Å².